The fourth-order valence-electron chi connectivity index (χ4n) is 2.40. The van der Waals surface area contributed by atoms with Crippen LogP contribution >= 0.6 is 0 Å². The molecule has 110 valence electrons. The van der Waals surface area contributed by atoms with E-state index in [1.54, 1.807) is 16.8 Å². The van der Waals surface area contributed by atoms with Crippen LogP contribution < -0.4 is 4.74 Å². The molecular weight excluding hydrogens is 276 g/mol. The number of phenols is 1. The number of methoxy groups -OCH3 is 1. The molecule has 1 aliphatic rings. The second-order valence-corrected chi connectivity index (χ2v) is 4.90. The van der Waals surface area contributed by atoms with Gasteiger partial charge in [0.25, 0.3) is 0 Å². The number of aromatic hydroxyl groups is 1. The zero-order valence-corrected chi connectivity index (χ0v) is 11.4. The van der Waals surface area contributed by atoms with Gasteiger partial charge in [-0.1, -0.05) is 0 Å². The number of hydrogen-bond donors (Lipinski definition) is 1. The second-order valence-electron chi connectivity index (χ2n) is 4.90. The summed E-state index contributed by atoms with van der Waals surface area (Å²) in [5, 5.41) is 24.8. The smallest absolute Gasteiger partial charge is 0.232 e. The number of phenolic OH excluding ortho intramolecular Hbond substituents is 1. The third-order valence-corrected chi connectivity index (χ3v) is 3.57. The van der Waals surface area contributed by atoms with Crippen molar-refractivity contribution in [1.29, 1.82) is 0 Å². The molecule has 2 heterocycles. The number of nitrogens with zero attached hydrogens (tertiary/aromatic N) is 4. The van der Waals surface area contributed by atoms with Crippen molar-refractivity contribution in [2.24, 2.45) is 0 Å². The quantitative estimate of drug-likeness (QED) is 0.674. The maximum Gasteiger partial charge on any atom is 0.232 e. The number of aromatic nitrogens is 3. The van der Waals surface area contributed by atoms with Crippen LogP contribution in [-0.2, 0) is 13.0 Å². The average Bonchev–Trinajstić information content (AvgIpc) is 2.90. The van der Waals surface area contributed by atoms with E-state index in [-0.39, 0.29) is 17.2 Å². The molecule has 0 saturated heterocycles. The molecule has 1 N–H and O–H groups in total. The van der Waals surface area contributed by atoms with E-state index < -0.39 is 6.04 Å². The summed E-state index contributed by atoms with van der Waals surface area (Å²) in [5.74, 6) is 1.60. The molecule has 8 heteroatoms. The predicted octanol–water partition coefficient (Wildman–Crippen LogP) is 1.25. The molecule has 0 spiro atoms. The minimum absolute atomic E-state index is 0.0404. The summed E-state index contributed by atoms with van der Waals surface area (Å²) in [7, 11) is 1.46. The number of benzene rings is 1. The van der Waals surface area contributed by atoms with E-state index in [0.29, 0.717) is 30.0 Å². The third-order valence-electron chi connectivity index (χ3n) is 3.57. The molecule has 3 rings (SSSR count). The Morgan fingerprint density at radius 3 is 3.05 bits per heavy atom. The normalized spacial score (nSPS) is 17.3. The highest BCUT2D eigenvalue weighted by molar-refractivity contribution is 5.60. The van der Waals surface area contributed by atoms with Crippen LogP contribution in [0.25, 0.3) is 11.4 Å². The lowest BCUT2D eigenvalue weighted by Gasteiger charge is -2.15. The lowest BCUT2D eigenvalue weighted by molar-refractivity contribution is -0.527. The Morgan fingerprint density at radius 1 is 1.52 bits per heavy atom. The van der Waals surface area contributed by atoms with E-state index in [1.807, 2.05) is 0 Å². The van der Waals surface area contributed by atoms with Crippen molar-refractivity contribution >= 4 is 0 Å². The molecule has 8 nitrogen and oxygen atoms in total. The zero-order chi connectivity index (χ0) is 15.0. The number of hydrogen-bond acceptors (Lipinski definition) is 6. The Kier molecular flexibility index (Phi) is 3.20. The van der Waals surface area contributed by atoms with E-state index >= 15 is 0 Å². The van der Waals surface area contributed by atoms with Crippen LogP contribution in [0.3, 0.4) is 0 Å². The summed E-state index contributed by atoms with van der Waals surface area (Å²) in [4.78, 5) is 15.0. The molecule has 0 saturated carbocycles. The second kappa shape index (κ2) is 5.04. The fraction of sp³-hybridized carbons (Fsp3) is 0.385. The van der Waals surface area contributed by atoms with E-state index in [4.69, 9.17) is 4.74 Å². The van der Waals surface area contributed by atoms with Crippen molar-refractivity contribution in [1.82, 2.24) is 14.8 Å². The first-order valence-corrected chi connectivity index (χ1v) is 6.53. The van der Waals surface area contributed by atoms with Gasteiger partial charge in [0.05, 0.1) is 7.11 Å². The number of aryl methyl sites for hydroxylation is 1. The van der Waals surface area contributed by atoms with Gasteiger partial charge in [-0.05, 0) is 18.2 Å². The molecule has 0 bridgehead atoms. The van der Waals surface area contributed by atoms with Gasteiger partial charge >= 0.3 is 0 Å². The molecule has 1 atom stereocenters. The van der Waals surface area contributed by atoms with Crippen molar-refractivity contribution in [2.45, 2.75) is 25.4 Å². The predicted molar refractivity (Wildman–Crippen MR) is 72.8 cm³/mol. The highest BCUT2D eigenvalue weighted by Gasteiger charge is 2.29. The van der Waals surface area contributed by atoms with Crippen molar-refractivity contribution in [3.63, 3.8) is 0 Å². The maximum atomic E-state index is 10.9. The number of nitro groups is 1. The van der Waals surface area contributed by atoms with Gasteiger partial charge in [0.15, 0.2) is 17.3 Å². The number of ether oxygens (including phenoxy) is 1. The van der Waals surface area contributed by atoms with Gasteiger partial charge < -0.3 is 9.84 Å². The highest BCUT2D eigenvalue weighted by atomic mass is 16.6. The molecule has 1 aliphatic heterocycles. The van der Waals surface area contributed by atoms with E-state index in [9.17, 15) is 15.2 Å². The summed E-state index contributed by atoms with van der Waals surface area (Å²) in [5.41, 5.74) is 0.698. The van der Waals surface area contributed by atoms with E-state index in [1.165, 1.54) is 13.2 Å². The first kappa shape index (κ1) is 13.3. The fourth-order valence-corrected chi connectivity index (χ4v) is 2.40. The monoisotopic (exact) mass is 290 g/mol. The highest BCUT2D eigenvalue weighted by Crippen LogP contribution is 2.30. The number of rotatable bonds is 3. The SMILES string of the molecule is COc1cc(-c2nc3n(n2)CC([N+](=O)[O-])CC3)ccc1O. The van der Waals surface area contributed by atoms with Crippen molar-refractivity contribution in [3.8, 4) is 22.9 Å². The topological polar surface area (TPSA) is 103 Å². The molecule has 21 heavy (non-hydrogen) atoms. The molecule has 0 aliphatic carbocycles. The molecule has 2 aromatic rings. The lowest BCUT2D eigenvalue weighted by atomic mass is 10.1. The first-order valence-electron chi connectivity index (χ1n) is 6.53. The Labute approximate surface area is 120 Å². The Morgan fingerprint density at radius 2 is 2.33 bits per heavy atom. The molecular formula is C13H14N4O4. The minimum Gasteiger partial charge on any atom is -0.504 e. The van der Waals surface area contributed by atoms with Crippen LogP contribution in [0.1, 0.15) is 12.2 Å². The lowest BCUT2D eigenvalue weighted by Crippen LogP contribution is -2.31. The average molecular weight is 290 g/mol. The summed E-state index contributed by atoms with van der Waals surface area (Å²) < 4.78 is 6.64. The van der Waals surface area contributed by atoms with Crippen LogP contribution in [0.5, 0.6) is 11.5 Å². The van der Waals surface area contributed by atoms with Gasteiger partial charge in [0, 0.05) is 23.3 Å². The summed E-state index contributed by atoms with van der Waals surface area (Å²) in [6.45, 7) is 0.241. The molecule has 1 aromatic heterocycles. The standard InChI is InChI=1S/C13H14N4O4/c1-21-11-6-8(2-4-10(11)18)13-14-12-5-3-9(17(19)20)7-16(12)15-13/h2,4,6,9,18H,3,5,7H2,1H3. The van der Waals surface area contributed by atoms with Crippen molar-refractivity contribution in [3.05, 3.63) is 34.1 Å². The van der Waals surface area contributed by atoms with Gasteiger partial charge in [-0.3, -0.25) is 10.1 Å². The van der Waals surface area contributed by atoms with Gasteiger partial charge in [-0.2, -0.15) is 5.10 Å². The molecule has 1 unspecified atom stereocenters. The van der Waals surface area contributed by atoms with Gasteiger partial charge in [0.2, 0.25) is 6.04 Å². The summed E-state index contributed by atoms with van der Waals surface area (Å²) in [6, 6.07) is 4.22. The van der Waals surface area contributed by atoms with Crippen molar-refractivity contribution < 1.29 is 14.8 Å². The largest absolute Gasteiger partial charge is 0.504 e. The number of fused-ring (bicyclic) bond motifs is 1. The van der Waals surface area contributed by atoms with Gasteiger partial charge in [0.1, 0.15) is 12.4 Å². The van der Waals surface area contributed by atoms with Crippen LogP contribution in [0, 0.1) is 10.1 Å². The van der Waals surface area contributed by atoms with E-state index in [2.05, 4.69) is 10.1 Å². The summed E-state index contributed by atoms with van der Waals surface area (Å²) >= 11 is 0. The van der Waals surface area contributed by atoms with Crippen molar-refractivity contribution in [2.75, 3.05) is 7.11 Å². The van der Waals surface area contributed by atoms with E-state index in [0.717, 1.165) is 5.82 Å². The van der Waals surface area contributed by atoms with Crippen LogP contribution in [0.4, 0.5) is 0 Å². The first-order chi connectivity index (χ1) is 10.1. The van der Waals surface area contributed by atoms with Gasteiger partial charge in [-0.15, -0.1) is 0 Å². The molecule has 0 fully saturated rings. The van der Waals surface area contributed by atoms with Crippen LogP contribution in [0.2, 0.25) is 0 Å². The molecule has 1 aromatic carbocycles. The Hall–Kier alpha value is -2.64. The van der Waals surface area contributed by atoms with Gasteiger partial charge in [-0.25, -0.2) is 9.67 Å². The zero-order valence-electron chi connectivity index (χ0n) is 11.4. The molecule has 0 radical (unpaired) electrons. The third kappa shape index (κ3) is 2.39. The Bertz CT molecular complexity index is 697. The van der Waals surface area contributed by atoms with Crippen LogP contribution in [0.15, 0.2) is 18.2 Å². The Balaban J connectivity index is 1.93. The van der Waals surface area contributed by atoms with Crippen LogP contribution in [-0.4, -0.2) is 37.9 Å². The maximum absolute atomic E-state index is 10.9. The molecule has 0 amide bonds. The minimum atomic E-state index is -0.610. The summed E-state index contributed by atoms with van der Waals surface area (Å²) in [6.07, 6.45) is 1.01.